The number of aromatic nitrogens is 2. The maximum absolute atomic E-state index is 11.7. The van der Waals surface area contributed by atoms with E-state index in [0.29, 0.717) is 5.69 Å². The minimum atomic E-state index is -0.492. The molecule has 1 aromatic rings. The van der Waals surface area contributed by atoms with Crippen molar-refractivity contribution in [1.29, 1.82) is 0 Å². The number of esters is 1. The number of carbonyl (C=O) groups is 2. The van der Waals surface area contributed by atoms with Gasteiger partial charge in [-0.05, 0) is 13.3 Å². The van der Waals surface area contributed by atoms with Crippen LogP contribution in [0.2, 0.25) is 0 Å². The number of ether oxygens (including phenoxy) is 1. The molecule has 100 valence electrons. The van der Waals surface area contributed by atoms with Crippen molar-refractivity contribution in [2.24, 2.45) is 0 Å². The number of aromatic amines is 1. The standard InChI is InChI=1S/C11H18N4O3/c1-3-5-7-9(12)10(15-14-7)11(17)13-6-8(16)18-4-2/h3-6,12H2,1-2H3,(H,13,17)(H,14,15). The number of hydrogen-bond donors (Lipinski definition) is 3. The lowest BCUT2D eigenvalue weighted by Crippen LogP contribution is -2.31. The fourth-order valence-corrected chi connectivity index (χ4v) is 1.45. The van der Waals surface area contributed by atoms with E-state index in [4.69, 9.17) is 5.73 Å². The van der Waals surface area contributed by atoms with E-state index in [1.165, 1.54) is 0 Å². The second-order valence-corrected chi connectivity index (χ2v) is 3.70. The summed E-state index contributed by atoms with van der Waals surface area (Å²) >= 11 is 0. The first-order valence-electron chi connectivity index (χ1n) is 5.86. The Balaban J connectivity index is 2.59. The summed E-state index contributed by atoms with van der Waals surface area (Å²) in [7, 11) is 0. The third-order valence-corrected chi connectivity index (χ3v) is 2.30. The number of carbonyl (C=O) groups excluding carboxylic acids is 2. The van der Waals surface area contributed by atoms with Gasteiger partial charge in [-0.1, -0.05) is 13.3 Å². The molecule has 0 aromatic carbocycles. The lowest BCUT2D eigenvalue weighted by molar-refractivity contribution is -0.141. The number of nitrogens with one attached hydrogen (secondary N) is 2. The van der Waals surface area contributed by atoms with Gasteiger partial charge >= 0.3 is 5.97 Å². The Hall–Kier alpha value is -2.05. The van der Waals surface area contributed by atoms with Crippen molar-refractivity contribution in [2.45, 2.75) is 26.7 Å². The molecule has 1 amide bonds. The second kappa shape index (κ2) is 6.63. The van der Waals surface area contributed by atoms with Crippen molar-refractivity contribution in [3.05, 3.63) is 11.4 Å². The second-order valence-electron chi connectivity index (χ2n) is 3.70. The number of nitrogen functional groups attached to an aromatic ring is 1. The van der Waals surface area contributed by atoms with Crippen molar-refractivity contribution >= 4 is 17.6 Å². The van der Waals surface area contributed by atoms with Crippen LogP contribution in [0.5, 0.6) is 0 Å². The van der Waals surface area contributed by atoms with Gasteiger partial charge in [-0.15, -0.1) is 0 Å². The average Bonchev–Trinajstić information content (AvgIpc) is 2.69. The van der Waals surface area contributed by atoms with Crippen molar-refractivity contribution in [1.82, 2.24) is 15.5 Å². The van der Waals surface area contributed by atoms with E-state index in [1.807, 2.05) is 6.92 Å². The molecule has 0 saturated carbocycles. The summed E-state index contributed by atoms with van der Waals surface area (Å²) in [5.41, 5.74) is 6.96. The minimum absolute atomic E-state index is 0.114. The van der Waals surface area contributed by atoms with Gasteiger partial charge in [0.15, 0.2) is 5.69 Å². The van der Waals surface area contributed by atoms with Crippen LogP contribution >= 0.6 is 0 Å². The number of anilines is 1. The first-order valence-corrected chi connectivity index (χ1v) is 5.86. The van der Waals surface area contributed by atoms with Crippen LogP contribution < -0.4 is 11.1 Å². The monoisotopic (exact) mass is 254 g/mol. The molecule has 0 aliphatic carbocycles. The first-order chi connectivity index (χ1) is 8.60. The van der Waals surface area contributed by atoms with E-state index in [9.17, 15) is 9.59 Å². The van der Waals surface area contributed by atoms with Crippen molar-refractivity contribution in [2.75, 3.05) is 18.9 Å². The van der Waals surface area contributed by atoms with Crippen LogP contribution in [-0.4, -0.2) is 35.2 Å². The SMILES string of the molecule is CCCc1[nH]nc(C(=O)NCC(=O)OCC)c1N. The van der Waals surface area contributed by atoms with Gasteiger partial charge in [0.2, 0.25) is 0 Å². The number of hydrogen-bond acceptors (Lipinski definition) is 5. The molecule has 1 rings (SSSR count). The molecule has 0 unspecified atom stereocenters. The summed E-state index contributed by atoms with van der Waals surface area (Å²) in [6.45, 7) is 3.78. The van der Waals surface area contributed by atoms with Crippen LogP contribution in [0, 0.1) is 0 Å². The summed E-state index contributed by atoms with van der Waals surface area (Å²) in [6, 6.07) is 0. The molecule has 0 aliphatic heterocycles. The Morgan fingerprint density at radius 3 is 2.78 bits per heavy atom. The number of rotatable bonds is 6. The lowest BCUT2D eigenvalue weighted by Gasteiger charge is -2.03. The van der Waals surface area contributed by atoms with Crippen LogP contribution in [0.25, 0.3) is 0 Å². The van der Waals surface area contributed by atoms with Gasteiger partial charge in [-0.3, -0.25) is 14.7 Å². The van der Waals surface area contributed by atoms with E-state index in [0.717, 1.165) is 18.5 Å². The van der Waals surface area contributed by atoms with E-state index < -0.39 is 11.9 Å². The average molecular weight is 254 g/mol. The molecule has 0 bridgehead atoms. The van der Waals surface area contributed by atoms with Crippen molar-refractivity contribution in [3.63, 3.8) is 0 Å². The predicted molar refractivity (Wildman–Crippen MR) is 66.0 cm³/mol. The summed E-state index contributed by atoms with van der Waals surface area (Å²) in [4.78, 5) is 22.8. The molecule has 1 aromatic heterocycles. The van der Waals surface area contributed by atoms with E-state index in [2.05, 4.69) is 20.3 Å². The van der Waals surface area contributed by atoms with Gasteiger partial charge in [0.1, 0.15) is 6.54 Å². The highest BCUT2D eigenvalue weighted by molar-refractivity contribution is 5.98. The molecule has 7 heteroatoms. The summed E-state index contributed by atoms with van der Waals surface area (Å²) in [6.07, 6.45) is 1.63. The summed E-state index contributed by atoms with van der Waals surface area (Å²) in [5.74, 6) is -0.979. The Morgan fingerprint density at radius 1 is 1.44 bits per heavy atom. The molecule has 0 aliphatic rings. The van der Waals surface area contributed by atoms with Crippen LogP contribution in [0.15, 0.2) is 0 Å². The highest BCUT2D eigenvalue weighted by Crippen LogP contribution is 2.15. The molecule has 0 atom stereocenters. The Labute approximate surface area is 105 Å². The lowest BCUT2D eigenvalue weighted by atomic mass is 10.2. The molecule has 18 heavy (non-hydrogen) atoms. The number of nitrogens with two attached hydrogens (primary N) is 1. The van der Waals surface area contributed by atoms with Gasteiger partial charge in [0.05, 0.1) is 18.0 Å². The smallest absolute Gasteiger partial charge is 0.325 e. The molecule has 0 radical (unpaired) electrons. The quantitative estimate of drug-likeness (QED) is 0.630. The summed E-state index contributed by atoms with van der Waals surface area (Å²) in [5, 5.41) is 8.96. The largest absolute Gasteiger partial charge is 0.465 e. The normalized spacial score (nSPS) is 10.1. The Kier molecular flexibility index (Phi) is 5.16. The Bertz CT molecular complexity index is 428. The molecule has 7 nitrogen and oxygen atoms in total. The predicted octanol–water partition coefficient (Wildman–Crippen LogP) is 0.237. The summed E-state index contributed by atoms with van der Waals surface area (Å²) < 4.78 is 4.69. The Morgan fingerprint density at radius 2 is 2.17 bits per heavy atom. The van der Waals surface area contributed by atoms with Gasteiger partial charge in [0.25, 0.3) is 5.91 Å². The molecule has 0 fully saturated rings. The van der Waals surface area contributed by atoms with Crippen LogP contribution in [0.1, 0.15) is 36.5 Å². The fraction of sp³-hybridized carbons (Fsp3) is 0.545. The van der Waals surface area contributed by atoms with E-state index >= 15 is 0 Å². The van der Waals surface area contributed by atoms with E-state index in [-0.39, 0.29) is 18.8 Å². The maximum Gasteiger partial charge on any atom is 0.325 e. The number of nitrogens with zero attached hydrogens (tertiary/aromatic N) is 1. The minimum Gasteiger partial charge on any atom is -0.465 e. The van der Waals surface area contributed by atoms with Gasteiger partial charge in [-0.25, -0.2) is 0 Å². The third-order valence-electron chi connectivity index (χ3n) is 2.30. The van der Waals surface area contributed by atoms with E-state index in [1.54, 1.807) is 6.92 Å². The van der Waals surface area contributed by atoms with Gasteiger partial charge in [-0.2, -0.15) is 5.10 Å². The van der Waals surface area contributed by atoms with Crippen LogP contribution in [0.4, 0.5) is 5.69 Å². The van der Waals surface area contributed by atoms with Gasteiger partial charge < -0.3 is 15.8 Å². The fourth-order valence-electron chi connectivity index (χ4n) is 1.45. The third kappa shape index (κ3) is 3.47. The molecule has 0 spiro atoms. The van der Waals surface area contributed by atoms with Crippen LogP contribution in [0.3, 0.4) is 0 Å². The molecule has 4 N–H and O–H groups in total. The van der Waals surface area contributed by atoms with Crippen molar-refractivity contribution in [3.8, 4) is 0 Å². The zero-order valence-corrected chi connectivity index (χ0v) is 10.6. The topological polar surface area (TPSA) is 110 Å². The molecule has 1 heterocycles. The zero-order valence-electron chi connectivity index (χ0n) is 10.6. The number of aryl methyl sites for hydroxylation is 1. The molecule has 0 saturated heterocycles. The highest BCUT2D eigenvalue weighted by Gasteiger charge is 2.17. The maximum atomic E-state index is 11.7. The number of amides is 1. The van der Waals surface area contributed by atoms with Gasteiger partial charge in [0, 0.05) is 0 Å². The molecular formula is C11H18N4O3. The first kappa shape index (κ1) is 14.0. The number of H-pyrrole nitrogens is 1. The van der Waals surface area contributed by atoms with Crippen molar-refractivity contribution < 1.29 is 14.3 Å². The molecular weight excluding hydrogens is 236 g/mol. The highest BCUT2D eigenvalue weighted by atomic mass is 16.5. The van der Waals surface area contributed by atoms with Crippen LogP contribution in [-0.2, 0) is 16.0 Å². The zero-order chi connectivity index (χ0) is 13.5.